The van der Waals surface area contributed by atoms with Crippen LogP contribution in [0.15, 0.2) is 66.7 Å². The number of nitrogens with one attached hydrogen (secondary N) is 2. The van der Waals surface area contributed by atoms with Crippen LogP contribution in [0, 0.1) is 20.2 Å². The molecule has 0 saturated heterocycles. The van der Waals surface area contributed by atoms with Gasteiger partial charge in [0.2, 0.25) is 0 Å². The zero-order chi connectivity index (χ0) is 20.1. The molecule has 9 heteroatoms. The number of nitro groups is 2. The highest BCUT2D eigenvalue weighted by atomic mass is 16.6. The van der Waals surface area contributed by atoms with Crippen molar-refractivity contribution in [1.29, 1.82) is 0 Å². The number of methoxy groups -OCH3 is 1. The molecule has 0 fully saturated rings. The highest BCUT2D eigenvalue weighted by Gasteiger charge is 2.19. The molecule has 3 aromatic rings. The third kappa shape index (κ3) is 4.33. The first kappa shape index (κ1) is 18.6. The largest absolute Gasteiger partial charge is 0.497 e. The zero-order valence-corrected chi connectivity index (χ0v) is 14.8. The number of hydrogen-bond acceptors (Lipinski definition) is 7. The van der Waals surface area contributed by atoms with Gasteiger partial charge in [-0.25, -0.2) is 0 Å². The summed E-state index contributed by atoms with van der Waals surface area (Å²) in [5.74, 6) is 0.759. The number of non-ortho nitro benzene ring substituents is 1. The zero-order valence-electron chi connectivity index (χ0n) is 14.8. The minimum atomic E-state index is -0.670. The van der Waals surface area contributed by atoms with Crippen molar-refractivity contribution in [2.24, 2.45) is 0 Å². The topological polar surface area (TPSA) is 120 Å². The Morgan fingerprint density at radius 2 is 1.29 bits per heavy atom. The van der Waals surface area contributed by atoms with Gasteiger partial charge in [-0.2, -0.15) is 0 Å². The maximum absolute atomic E-state index is 11.2. The van der Waals surface area contributed by atoms with E-state index in [9.17, 15) is 20.2 Å². The third-order valence-electron chi connectivity index (χ3n) is 3.93. The fraction of sp³-hybridized carbons (Fsp3) is 0.0526. The van der Waals surface area contributed by atoms with Crippen LogP contribution in [0.5, 0.6) is 5.75 Å². The Bertz CT molecular complexity index is 1000. The molecule has 0 spiro atoms. The van der Waals surface area contributed by atoms with E-state index in [1.165, 1.54) is 12.1 Å². The molecule has 142 valence electrons. The summed E-state index contributed by atoms with van der Waals surface area (Å²) in [5.41, 5.74) is 1.79. The second kappa shape index (κ2) is 8.04. The van der Waals surface area contributed by atoms with E-state index in [4.69, 9.17) is 4.74 Å². The molecule has 2 N–H and O–H groups in total. The molecular weight excluding hydrogens is 364 g/mol. The molecule has 9 nitrogen and oxygen atoms in total. The van der Waals surface area contributed by atoms with Gasteiger partial charge in [-0.15, -0.1) is 0 Å². The lowest BCUT2D eigenvalue weighted by molar-refractivity contribution is -0.393. The predicted octanol–water partition coefficient (Wildman–Crippen LogP) is 5.00. The molecule has 0 aliphatic carbocycles. The van der Waals surface area contributed by atoms with Crippen molar-refractivity contribution >= 4 is 34.1 Å². The van der Waals surface area contributed by atoms with Crippen molar-refractivity contribution in [2.75, 3.05) is 17.7 Å². The predicted molar refractivity (Wildman–Crippen MR) is 106 cm³/mol. The van der Waals surface area contributed by atoms with Crippen LogP contribution < -0.4 is 15.4 Å². The van der Waals surface area contributed by atoms with E-state index in [0.717, 1.165) is 23.2 Å². The summed E-state index contributed by atoms with van der Waals surface area (Å²) in [6.45, 7) is 0. The average molecular weight is 380 g/mol. The summed E-state index contributed by atoms with van der Waals surface area (Å²) in [6, 6.07) is 18.0. The van der Waals surface area contributed by atoms with Gasteiger partial charge in [-0.05, 0) is 54.6 Å². The SMILES string of the molecule is COc1ccc(Nc2ccc(Nc3ccc([N+](=O)[O-])cc3[N+](=O)[O-])cc2)cc1. The first-order valence-electron chi connectivity index (χ1n) is 8.17. The molecule has 0 bridgehead atoms. The lowest BCUT2D eigenvalue weighted by atomic mass is 10.2. The Balaban J connectivity index is 1.75. The molecular formula is C19H16N4O5. The van der Waals surface area contributed by atoms with E-state index in [1.807, 2.05) is 36.4 Å². The van der Waals surface area contributed by atoms with Crippen molar-refractivity contribution in [3.05, 3.63) is 87.0 Å². The first-order valence-corrected chi connectivity index (χ1v) is 8.17. The Hall–Kier alpha value is -4.14. The number of hydrogen-bond donors (Lipinski definition) is 2. The van der Waals surface area contributed by atoms with Crippen LogP contribution in [0.3, 0.4) is 0 Å². The number of anilines is 4. The van der Waals surface area contributed by atoms with Crippen molar-refractivity contribution in [2.45, 2.75) is 0 Å². The fourth-order valence-electron chi connectivity index (χ4n) is 2.52. The number of ether oxygens (including phenoxy) is 1. The summed E-state index contributed by atoms with van der Waals surface area (Å²) in [5, 5.41) is 28.2. The fourth-order valence-corrected chi connectivity index (χ4v) is 2.52. The molecule has 3 aromatic carbocycles. The van der Waals surface area contributed by atoms with Gasteiger partial charge in [0, 0.05) is 23.1 Å². The van der Waals surface area contributed by atoms with Gasteiger partial charge in [0.15, 0.2) is 0 Å². The van der Waals surface area contributed by atoms with E-state index in [0.29, 0.717) is 5.69 Å². The van der Waals surface area contributed by atoms with Crippen molar-refractivity contribution in [3.63, 3.8) is 0 Å². The third-order valence-corrected chi connectivity index (χ3v) is 3.93. The molecule has 0 aromatic heterocycles. The second-order valence-corrected chi connectivity index (χ2v) is 5.77. The van der Waals surface area contributed by atoms with E-state index < -0.39 is 9.85 Å². The van der Waals surface area contributed by atoms with Gasteiger partial charge in [0.25, 0.3) is 11.4 Å². The Kier molecular flexibility index (Phi) is 5.35. The molecule has 0 aliphatic rings. The normalized spacial score (nSPS) is 10.2. The number of nitro benzene ring substituents is 2. The van der Waals surface area contributed by atoms with Gasteiger partial charge in [0.05, 0.1) is 23.0 Å². The van der Waals surface area contributed by atoms with Crippen molar-refractivity contribution in [3.8, 4) is 5.75 Å². The standard InChI is InChI=1S/C19H16N4O5/c1-28-17-9-6-14(7-10-17)20-13-2-4-15(5-3-13)21-18-11-8-16(22(24)25)12-19(18)23(26)27/h2-12,20-21H,1H3. The quantitative estimate of drug-likeness (QED) is 0.437. The van der Waals surface area contributed by atoms with Crippen LogP contribution in [-0.2, 0) is 0 Å². The van der Waals surface area contributed by atoms with E-state index >= 15 is 0 Å². The lowest BCUT2D eigenvalue weighted by Gasteiger charge is -2.10. The number of benzene rings is 3. The molecule has 0 saturated carbocycles. The average Bonchev–Trinajstić information content (AvgIpc) is 2.70. The van der Waals surface area contributed by atoms with E-state index in [2.05, 4.69) is 10.6 Å². The first-order chi connectivity index (χ1) is 13.5. The van der Waals surface area contributed by atoms with Crippen LogP contribution in [0.2, 0.25) is 0 Å². The van der Waals surface area contributed by atoms with Crippen molar-refractivity contribution in [1.82, 2.24) is 0 Å². The highest BCUT2D eigenvalue weighted by Crippen LogP contribution is 2.32. The molecule has 0 heterocycles. The lowest BCUT2D eigenvalue weighted by Crippen LogP contribution is -1.99. The van der Waals surface area contributed by atoms with Gasteiger partial charge in [-0.3, -0.25) is 20.2 Å². The molecule has 0 unspecified atom stereocenters. The molecule has 0 amide bonds. The van der Waals surface area contributed by atoms with Gasteiger partial charge < -0.3 is 15.4 Å². The summed E-state index contributed by atoms with van der Waals surface area (Å²) < 4.78 is 5.12. The van der Waals surface area contributed by atoms with Crippen LogP contribution >= 0.6 is 0 Å². The number of rotatable bonds is 7. The molecule has 28 heavy (non-hydrogen) atoms. The van der Waals surface area contributed by atoms with Gasteiger partial charge >= 0.3 is 0 Å². The molecule has 0 atom stereocenters. The summed E-state index contributed by atoms with van der Waals surface area (Å²) in [7, 11) is 1.60. The van der Waals surface area contributed by atoms with Crippen LogP contribution in [0.25, 0.3) is 0 Å². The maximum Gasteiger partial charge on any atom is 0.299 e. The monoisotopic (exact) mass is 380 g/mol. The van der Waals surface area contributed by atoms with Gasteiger partial charge in [0.1, 0.15) is 11.4 Å². The van der Waals surface area contributed by atoms with E-state index in [-0.39, 0.29) is 17.1 Å². The molecule has 0 radical (unpaired) electrons. The minimum Gasteiger partial charge on any atom is -0.497 e. The van der Waals surface area contributed by atoms with Crippen LogP contribution in [-0.4, -0.2) is 17.0 Å². The van der Waals surface area contributed by atoms with Gasteiger partial charge in [-0.1, -0.05) is 0 Å². The van der Waals surface area contributed by atoms with E-state index in [1.54, 1.807) is 19.2 Å². The summed E-state index contributed by atoms with van der Waals surface area (Å²) in [4.78, 5) is 20.7. The Morgan fingerprint density at radius 3 is 1.79 bits per heavy atom. The highest BCUT2D eigenvalue weighted by molar-refractivity contribution is 5.73. The van der Waals surface area contributed by atoms with Crippen LogP contribution in [0.1, 0.15) is 0 Å². The summed E-state index contributed by atoms with van der Waals surface area (Å²) in [6.07, 6.45) is 0. The Morgan fingerprint density at radius 1 is 0.750 bits per heavy atom. The second-order valence-electron chi connectivity index (χ2n) is 5.77. The smallest absolute Gasteiger partial charge is 0.299 e. The Labute approximate surface area is 159 Å². The minimum absolute atomic E-state index is 0.173. The van der Waals surface area contributed by atoms with Crippen LogP contribution in [0.4, 0.5) is 34.1 Å². The summed E-state index contributed by atoms with van der Waals surface area (Å²) >= 11 is 0. The number of nitrogens with zero attached hydrogens (tertiary/aromatic N) is 2. The maximum atomic E-state index is 11.2. The molecule has 0 aliphatic heterocycles. The van der Waals surface area contributed by atoms with Crippen molar-refractivity contribution < 1.29 is 14.6 Å². The molecule has 3 rings (SSSR count).